The van der Waals surface area contributed by atoms with Crippen molar-refractivity contribution < 1.29 is 4.42 Å². The number of hydrogen-bond donors (Lipinski definition) is 1. The van der Waals surface area contributed by atoms with E-state index in [4.69, 9.17) is 21.8 Å². The Bertz CT molecular complexity index is 382. The summed E-state index contributed by atoms with van der Waals surface area (Å²) in [4.78, 5) is 1.05. The number of thiophene rings is 1. The van der Waals surface area contributed by atoms with Crippen molar-refractivity contribution in [2.45, 2.75) is 6.04 Å². The molecule has 2 N–H and O–H groups in total. The van der Waals surface area contributed by atoms with Crippen molar-refractivity contribution in [2.24, 2.45) is 5.73 Å². The normalized spacial score (nSPS) is 13.1. The van der Waals surface area contributed by atoms with Crippen LogP contribution in [0.25, 0.3) is 0 Å². The van der Waals surface area contributed by atoms with Crippen molar-refractivity contribution in [1.29, 1.82) is 0 Å². The minimum absolute atomic E-state index is 0.128. The van der Waals surface area contributed by atoms with Gasteiger partial charge in [0.1, 0.15) is 0 Å². The summed E-state index contributed by atoms with van der Waals surface area (Å²) in [6.45, 7) is 0. The Hall–Kier alpha value is -0.770. The maximum absolute atomic E-state index is 5.97. The molecule has 1 unspecified atom stereocenters. The lowest BCUT2D eigenvalue weighted by molar-refractivity contribution is 0.562. The van der Waals surface area contributed by atoms with E-state index < -0.39 is 0 Å². The molecule has 1 atom stereocenters. The second-order valence-electron chi connectivity index (χ2n) is 2.68. The Morgan fingerprint density at radius 2 is 2.23 bits per heavy atom. The number of rotatable bonds is 2. The van der Waals surface area contributed by atoms with Gasteiger partial charge in [0, 0.05) is 10.4 Å². The maximum Gasteiger partial charge on any atom is 0.0954 e. The molecule has 0 saturated carbocycles. The molecule has 0 radical (unpaired) electrons. The van der Waals surface area contributed by atoms with E-state index in [0.717, 1.165) is 14.8 Å². The fourth-order valence-electron chi connectivity index (χ4n) is 1.11. The van der Waals surface area contributed by atoms with Crippen LogP contribution in [0.1, 0.15) is 16.5 Å². The van der Waals surface area contributed by atoms with E-state index in [-0.39, 0.29) is 6.04 Å². The van der Waals surface area contributed by atoms with Crippen LogP contribution in [0.15, 0.2) is 35.1 Å². The Kier molecular flexibility index (Phi) is 2.40. The third kappa shape index (κ3) is 1.77. The van der Waals surface area contributed by atoms with Gasteiger partial charge in [-0.1, -0.05) is 11.6 Å². The van der Waals surface area contributed by atoms with Gasteiger partial charge in [0.25, 0.3) is 0 Å². The predicted molar refractivity (Wildman–Crippen MR) is 54.1 cm³/mol. The van der Waals surface area contributed by atoms with E-state index in [1.807, 2.05) is 18.2 Å². The highest BCUT2D eigenvalue weighted by atomic mass is 35.5. The molecule has 2 aromatic heterocycles. The third-order valence-corrected chi connectivity index (χ3v) is 3.12. The molecular formula is C9H8ClNOS. The molecule has 0 saturated heterocycles. The third-order valence-electron chi connectivity index (χ3n) is 1.80. The quantitative estimate of drug-likeness (QED) is 0.833. The maximum atomic E-state index is 5.97. The fraction of sp³-hybridized carbons (Fsp3) is 0.111. The Morgan fingerprint density at radius 3 is 2.77 bits per heavy atom. The van der Waals surface area contributed by atoms with Crippen LogP contribution in [-0.4, -0.2) is 0 Å². The van der Waals surface area contributed by atoms with Crippen LogP contribution >= 0.6 is 22.9 Å². The number of nitrogens with two attached hydrogens (primary N) is 1. The van der Waals surface area contributed by atoms with E-state index in [1.54, 1.807) is 12.5 Å². The van der Waals surface area contributed by atoms with Gasteiger partial charge < -0.3 is 10.2 Å². The van der Waals surface area contributed by atoms with Crippen LogP contribution < -0.4 is 5.73 Å². The molecule has 2 heterocycles. The summed E-state index contributed by atoms with van der Waals surface area (Å²) >= 11 is 7.30. The van der Waals surface area contributed by atoms with Crippen LogP contribution in [-0.2, 0) is 0 Å². The highest BCUT2D eigenvalue weighted by molar-refractivity contribution is 7.16. The second kappa shape index (κ2) is 3.54. The molecule has 2 nitrogen and oxygen atoms in total. The van der Waals surface area contributed by atoms with Crippen molar-refractivity contribution in [3.05, 3.63) is 45.5 Å². The van der Waals surface area contributed by atoms with Crippen molar-refractivity contribution in [2.75, 3.05) is 0 Å². The molecule has 0 bridgehead atoms. The van der Waals surface area contributed by atoms with Gasteiger partial charge in [-0.3, -0.25) is 0 Å². The first-order valence-electron chi connectivity index (χ1n) is 3.80. The minimum atomic E-state index is -0.128. The molecule has 0 spiro atoms. The molecule has 0 aliphatic carbocycles. The summed E-state index contributed by atoms with van der Waals surface area (Å²) in [6, 6.07) is 5.51. The van der Waals surface area contributed by atoms with Crippen molar-refractivity contribution >= 4 is 22.9 Å². The smallest absolute Gasteiger partial charge is 0.0954 e. The second-order valence-corrected chi connectivity index (χ2v) is 4.42. The molecular weight excluding hydrogens is 206 g/mol. The summed E-state index contributed by atoms with van der Waals surface area (Å²) in [7, 11) is 0. The minimum Gasteiger partial charge on any atom is -0.472 e. The van der Waals surface area contributed by atoms with Gasteiger partial charge in [0.15, 0.2) is 0 Å². The fourth-order valence-corrected chi connectivity index (χ4v) is 2.20. The van der Waals surface area contributed by atoms with Crippen molar-refractivity contribution in [3.63, 3.8) is 0 Å². The van der Waals surface area contributed by atoms with Crippen molar-refractivity contribution in [3.8, 4) is 0 Å². The molecule has 2 aromatic rings. The van der Waals surface area contributed by atoms with E-state index in [2.05, 4.69) is 0 Å². The Morgan fingerprint density at radius 1 is 1.38 bits per heavy atom. The van der Waals surface area contributed by atoms with Gasteiger partial charge in [-0.25, -0.2) is 0 Å². The zero-order valence-electron chi connectivity index (χ0n) is 6.74. The van der Waals surface area contributed by atoms with E-state index in [9.17, 15) is 0 Å². The van der Waals surface area contributed by atoms with Gasteiger partial charge >= 0.3 is 0 Å². The van der Waals surface area contributed by atoms with Crippen LogP contribution in [0, 0.1) is 0 Å². The largest absolute Gasteiger partial charge is 0.472 e. The summed E-state index contributed by atoms with van der Waals surface area (Å²) in [5.41, 5.74) is 6.94. The lowest BCUT2D eigenvalue weighted by Crippen LogP contribution is -2.08. The molecule has 2 rings (SSSR count). The number of halogens is 1. The van der Waals surface area contributed by atoms with Gasteiger partial charge in [-0.05, 0) is 18.2 Å². The Labute approximate surface area is 84.9 Å². The topological polar surface area (TPSA) is 39.2 Å². The molecule has 13 heavy (non-hydrogen) atoms. The van der Waals surface area contributed by atoms with Crippen LogP contribution in [0.2, 0.25) is 4.34 Å². The van der Waals surface area contributed by atoms with Crippen molar-refractivity contribution in [1.82, 2.24) is 0 Å². The summed E-state index contributed by atoms with van der Waals surface area (Å²) < 4.78 is 5.71. The monoisotopic (exact) mass is 213 g/mol. The van der Waals surface area contributed by atoms with Gasteiger partial charge in [-0.15, -0.1) is 11.3 Å². The number of hydrogen-bond acceptors (Lipinski definition) is 3. The summed E-state index contributed by atoms with van der Waals surface area (Å²) in [5, 5.41) is 0. The molecule has 0 aliphatic heterocycles. The zero-order valence-corrected chi connectivity index (χ0v) is 8.31. The van der Waals surface area contributed by atoms with Gasteiger partial charge in [0.2, 0.25) is 0 Å². The molecule has 4 heteroatoms. The first kappa shape index (κ1) is 8.81. The SMILES string of the molecule is NC(c1ccoc1)c1ccc(Cl)s1. The van der Waals surface area contributed by atoms with Gasteiger partial charge in [-0.2, -0.15) is 0 Å². The molecule has 0 fully saturated rings. The van der Waals surface area contributed by atoms with Crippen LogP contribution in [0.3, 0.4) is 0 Å². The summed E-state index contributed by atoms with van der Waals surface area (Å²) in [6.07, 6.45) is 3.27. The van der Waals surface area contributed by atoms with Crippen LogP contribution in [0.5, 0.6) is 0 Å². The molecule has 0 amide bonds. The molecule has 68 valence electrons. The average molecular weight is 214 g/mol. The van der Waals surface area contributed by atoms with E-state index in [1.165, 1.54) is 11.3 Å². The standard InChI is InChI=1S/C9H8ClNOS/c10-8-2-1-7(13-8)9(11)6-3-4-12-5-6/h1-5,9H,11H2. The first-order valence-corrected chi connectivity index (χ1v) is 5.00. The predicted octanol–water partition coefficient (Wildman–Crippen LogP) is 3.04. The highest BCUT2D eigenvalue weighted by Gasteiger charge is 2.11. The Balaban J connectivity index is 2.28. The highest BCUT2D eigenvalue weighted by Crippen LogP contribution is 2.29. The average Bonchev–Trinajstić information content (AvgIpc) is 2.72. The molecule has 0 aromatic carbocycles. The number of furan rings is 1. The summed E-state index contributed by atoms with van der Waals surface area (Å²) in [5.74, 6) is 0. The first-order chi connectivity index (χ1) is 6.27. The lowest BCUT2D eigenvalue weighted by Gasteiger charge is -2.04. The zero-order chi connectivity index (χ0) is 9.26. The van der Waals surface area contributed by atoms with E-state index >= 15 is 0 Å². The van der Waals surface area contributed by atoms with E-state index in [0.29, 0.717) is 0 Å². The van der Waals surface area contributed by atoms with Gasteiger partial charge in [0.05, 0.1) is 22.9 Å². The lowest BCUT2D eigenvalue weighted by atomic mass is 10.1. The van der Waals surface area contributed by atoms with Crippen LogP contribution in [0.4, 0.5) is 0 Å². The molecule has 0 aliphatic rings.